The van der Waals surface area contributed by atoms with Gasteiger partial charge in [0.2, 0.25) is 0 Å². The summed E-state index contributed by atoms with van der Waals surface area (Å²) < 4.78 is 0. The highest BCUT2D eigenvalue weighted by Gasteiger charge is 2.20. The van der Waals surface area contributed by atoms with Crippen molar-refractivity contribution in [3.05, 3.63) is 48.4 Å². The minimum Gasteiger partial charge on any atom is -0.368 e. The van der Waals surface area contributed by atoms with Crippen LogP contribution < -0.4 is 9.80 Å². The van der Waals surface area contributed by atoms with Crippen LogP contribution in [0.25, 0.3) is 0 Å². The Morgan fingerprint density at radius 1 is 1.08 bits per heavy atom. The zero-order valence-electron chi connectivity index (χ0n) is 15.6. The fraction of sp³-hybridized carbons (Fsp3) is 0.450. The summed E-state index contributed by atoms with van der Waals surface area (Å²) in [6.45, 7) is 6.53. The molecule has 3 heterocycles. The topological polar surface area (TPSA) is 52.6 Å². The van der Waals surface area contributed by atoms with Gasteiger partial charge in [0.15, 0.2) is 0 Å². The molecular formula is C20H27N5O. The van der Waals surface area contributed by atoms with Gasteiger partial charge < -0.3 is 14.7 Å². The minimum atomic E-state index is -0.00702. The van der Waals surface area contributed by atoms with E-state index in [1.807, 2.05) is 43.6 Å². The fourth-order valence-electron chi connectivity index (χ4n) is 3.16. The summed E-state index contributed by atoms with van der Waals surface area (Å²) in [6.07, 6.45) is 5.65. The molecule has 1 fully saturated rings. The Morgan fingerprint density at radius 3 is 2.54 bits per heavy atom. The molecule has 26 heavy (non-hydrogen) atoms. The van der Waals surface area contributed by atoms with Crippen molar-refractivity contribution in [2.24, 2.45) is 0 Å². The Hall–Kier alpha value is -2.63. The monoisotopic (exact) mass is 353 g/mol. The normalized spacial score (nSPS) is 14.4. The molecule has 0 atom stereocenters. The lowest BCUT2D eigenvalue weighted by Crippen LogP contribution is -2.46. The summed E-state index contributed by atoms with van der Waals surface area (Å²) in [4.78, 5) is 27.6. The second-order valence-corrected chi connectivity index (χ2v) is 6.64. The Bertz CT molecular complexity index is 713. The van der Waals surface area contributed by atoms with Crippen LogP contribution in [0.15, 0.2) is 42.7 Å². The van der Waals surface area contributed by atoms with Crippen molar-refractivity contribution < 1.29 is 4.79 Å². The van der Waals surface area contributed by atoms with E-state index >= 15 is 0 Å². The van der Waals surface area contributed by atoms with Crippen LogP contribution >= 0.6 is 0 Å². The highest BCUT2D eigenvalue weighted by atomic mass is 16.2. The molecule has 6 nitrogen and oxygen atoms in total. The first-order chi connectivity index (χ1) is 12.7. The molecule has 1 amide bonds. The maximum atomic E-state index is 12.6. The maximum absolute atomic E-state index is 12.6. The molecule has 2 aromatic rings. The molecule has 1 aliphatic heterocycles. The first kappa shape index (κ1) is 18.2. The van der Waals surface area contributed by atoms with Gasteiger partial charge >= 0.3 is 0 Å². The molecule has 0 radical (unpaired) electrons. The van der Waals surface area contributed by atoms with Crippen molar-refractivity contribution in [3.63, 3.8) is 0 Å². The molecule has 0 unspecified atom stereocenters. The van der Waals surface area contributed by atoms with Crippen molar-refractivity contribution >= 4 is 17.4 Å². The van der Waals surface area contributed by atoms with Crippen LogP contribution in [0.2, 0.25) is 0 Å². The third-order valence-electron chi connectivity index (χ3n) is 4.77. The number of unbranched alkanes of at least 4 members (excludes halogenated alkanes) is 1. The second-order valence-electron chi connectivity index (χ2n) is 6.64. The van der Waals surface area contributed by atoms with Crippen molar-refractivity contribution in [2.45, 2.75) is 19.8 Å². The van der Waals surface area contributed by atoms with Crippen LogP contribution in [-0.2, 0) is 0 Å². The number of nitrogens with zero attached hydrogens (tertiary/aromatic N) is 5. The number of carbonyl (C=O) groups excluding carboxylic acids is 1. The largest absolute Gasteiger partial charge is 0.368 e. The molecule has 0 aromatic carbocycles. The lowest BCUT2D eigenvalue weighted by atomic mass is 10.2. The van der Waals surface area contributed by atoms with E-state index in [4.69, 9.17) is 0 Å². The molecule has 1 aliphatic rings. The first-order valence-electron chi connectivity index (χ1n) is 9.31. The fourth-order valence-corrected chi connectivity index (χ4v) is 3.16. The minimum absolute atomic E-state index is 0.00702. The van der Waals surface area contributed by atoms with Gasteiger partial charge in [-0.1, -0.05) is 19.4 Å². The van der Waals surface area contributed by atoms with Gasteiger partial charge in [0.25, 0.3) is 5.91 Å². The highest BCUT2D eigenvalue weighted by molar-refractivity contribution is 5.93. The van der Waals surface area contributed by atoms with Gasteiger partial charge in [0.1, 0.15) is 11.5 Å². The number of carbonyl (C=O) groups is 1. The summed E-state index contributed by atoms with van der Waals surface area (Å²) >= 11 is 0. The number of aromatic nitrogens is 2. The molecule has 0 N–H and O–H groups in total. The van der Waals surface area contributed by atoms with E-state index in [1.54, 1.807) is 11.1 Å². The van der Waals surface area contributed by atoms with Gasteiger partial charge in [-0.3, -0.25) is 9.78 Å². The van der Waals surface area contributed by atoms with Crippen LogP contribution in [-0.4, -0.2) is 60.5 Å². The number of pyridine rings is 2. The van der Waals surface area contributed by atoms with Gasteiger partial charge in [0.05, 0.1) is 0 Å². The van der Waals surface area contributed by atoms with Crippen molar-refractivity contribution in [1.82, 2.24) is 14.9 Å². The molecule has 0 saturated carbocycles. The summed E-state index contributed by atoms with van der Waals surface area (Å²) in [5.41, 5.74) is 1.58. The maximum Gasteiger partial charge on any atom is 0.272 e. The predicted molar refractivity (Wildman–Crippen MR) is 105 cm³/mol. The summed E-state index contributed by atoms with van der Waals surface area (Å²) in [5, 5.41) is 0. The number of hydrogen-bond acceptors (Lipinski definition) is 5. The van der Waals surface area contributed by atoms with Crippen LogP contribution in [0.5, 0.6) is 0 Å². The van der Waals surface area contributed by atoms with Crippen molar-refractivity contribution in [1.29, 1.82) is 0 Å². The number of anilines is 2. The third-order valence-corrected chi connectivity index (χ3v) is 4.77. The average molecular weight is 353 g/mol. The van der Waals surface area contributed by atoms with Gasteiger partial charge in [-0.05, 0) is 30.7 Å². The van der Waals surface area contributed by atoms with Crippen molar-refractivity contribution in [2.75, 3.05) is 49.6 Å². The van der Waals surface area contributed by atoms with Crippen LogP contribution in [0.3, 0.4) is 0 Å². The smallest absolute Gasteiger partial charge is 0.272 e. The molecule has 3 rings (SSSR count). The van der Waals surface area contributed by atoms with Crippen LogP contribution in [0, 0.1) is 0 Å². The molecule has 1 saturated heterocycles. The molecular weight excluding hydrogens is 326 g/mol. The number of amides is 1. The summed E-state index contributed by atoms with van der Waals surface area (Å²) in [6, 6.07) is 9.91. The lowest BCUT2D eigenvalue weighted by molar-refractivity contribution is 0.0787. The quantitative estimate of drug-likeness (QED) is 0.799. The van der Waals surface area contributed by atoms with Crippen molar-refractivity contribution in [3.8, 4) is 0 Å². The SMILES string of the molecule is CCCCN(C)C(=O)c1cc(N2CCN(c3ccccn3)CC2)ccn1. The summed E-state index contributed by atoms with van der Waals surface area (Å²) in [5.74, 6) is 1.02. The predicted octanol–water partition coefficient (Wildman–Crippen LogP) is 2.68. The van der Waals surface area contributed by atoms with E-state index in [-0.39, 0.29) is 5.91 Å². The zero-order valence-corrected chi connectivity index (χ0v) is 15.6. The van der Waals surface area contributed by atoms with E-state index in [2.05, 4.69) is 26.7 Å². The molecule has 138 valence electrons. The lowest BCUT2D eigenvalue weighted by Gasteiger charge is -2.36. The average Bonchev–Trinajstić information content (AvgIpc) is 2.72. The van der Waals surface area contributed by atoms with E-state index in [9.17, 15) is 4.79 Å². The Balaban J connectivity index is 1.63. The molecule has 0 spiro atoms. The standard InChI is InChI=1S/C20H27N5O/c1-3-4-11-23(2)20(26)18-16-17(8-10-21-18)24-12-14-25(15-13-24)19-7-5-6-9-22-19/h5-10,16H,3-4,11-15H2,1-2H3. The number of piperazine rings is 1. The molecule has 0 bridgehead atoms. The van der Waals surface area contributed by atoms with Gasteiger partial charge in [0, 0.05) is 57.9 Å². The number of hydrogen-bond donors (Lipinski definition) is 0. The van der Waals surface area contributed by atoms with Gasteiger partial charge in [-0.25, -0.2) is 4.98 Å². The van der Waals surface area contributed by atoms with Gasteiger partial charge in [-0.2, -0.15) is 0 Å². The van der Waals surface area contributed by atoms with Crippen LogP contribution in [0.1, 0.15) is 30.3 Å². The van der Waals surface area contributed by atoms with E-state index in [0.29, 0.717) is 5.69 Å². The van der Waals surface area contributed by atoms with E-state index in [0.717, 1.165) is 57.1 Å². The highest BCUT2D eigenvalue weighted by Crippen LogP contribution is 2.20. The molecule has 6 heteroatoms. The van der Waals surface area contributed by atoms with E-state index < -0.39 is 0 Å². The zero-order chi connectivity index (χ0) is 18.4. The number of rotatable bonds is 6. The molecule has 0 aliphatic carbocycles. The first-order valence-corrected chi connectivity index (χ1v) is 9.31. The Morgan fingerprint density at radius 2 is 1.85 bits per heavy atom. The second kappa shape index (κ2) is 8.65. The van der Waals surface area contributed by atoms with Crippen LogP contribution in [0.4, 0.5) is 11.5 Å². The Labute approximate surface area is 155 Å². The summed E-state index contributed by atoms with van der Waals surface area (Å²) in [7, 11) is 1.85. The Kier molecular flexibility index (Phi) is 6.04. The van der Waals surface area contributed by atoms with E-state index in [1.165, 1.54) is 0 Å². The molecule has 2 aromatic heterocycles. The third kappa shape index (κ3) is 4.31. The van der Waals surface area contributed by atoms with Gasteiger partial charge in [-0.15, -0.1) is 0 Å².